The SMILES string of the molecule is CCN(C)c1cc(Cl)nc(COC)n1. The quantitative estimate of drug-likeness (QED) is 0.718. The van der Waals surface area contributed by atoms with Crippen LogP contribution in [0, 0.1) is 0 Å². The molecular weight excluding hydrogens is 202 g/mol. The van der Waals surface area contributed by atoms with Crippen LogP contribution in [0.25, 0.3) is 0 Å². The third kappa shape index (κ3) is 2.82. The first-order chi connectivity index (χ1) is 6.67. The monoisotopic (exact) mass is 215 g/mol. The summed E-state index contributed by atoms with van der Waals surface area (Å²) in [7, 11) is 3.56. The highest BCUT2D eigenvalue weighted by atomic mass is 35.5. The summed E-state index contributed by atoms with van der Waals surface area (Å²) < 4.78 is 4.95. The minimum atomic E-state index is 0.380. The van der Waals surface area contributed by atoms with E-state index in [1.165, 1.54) is 0 Å². The lowest BCUT2D eigenvalue weighted by Crippen LogP contribution is -2.18. The van der Waals surface area contributed by atoms with Crippen molar-refractivity contribution < 1.29 is 4.74 Å². The molecule has 0 spiro atoms. The average molecular weight is 216 g/mol. The van der Waals surface area contributed by atoms with Gasteiger partial charge in [0.1, 0.15) is 17.6 Å². The van der Waals surface area contributed by atoms with E-state index in [1.807, 2.05) is 18.9 Å². The fourth-order valence-electron chi connectivity index (χ4n) is 1.00. The molecule has 1 rings (SSSR count). The van der Waals surface area contributed by atoms with E-state index in [0.717, 1.165) is 12.4 Å². The highest BCUT2D eigenvalue weighted by molar-refractivity contribution is 6.29. The molecule has 5 heteroatoms. The first kappa shape index (κ1) is 11.2. The summed E-state index contributed by atoms with van der Waals surface area (Å²) >= 11 is 5.85. The summed E-state index contributed by atoms with van der Waals surface area (Å²) in [5.74, 6) is 1.43. The lowest BCUT2D eigenvalue weighted by Gasteiger charge is -2.16. The average Bonchev–Trinajstić information content (AvgIpc) is 2.16. The molecule has 0 amide bonds. The minimum absolute atomic E-state index is 0.380. The van der Waals surface area contributed by atoms with Gasteiger partial charge in [-0.15, -0.1) is 0 Å². The van der Waals surface area contributed by atoms with E-state index in [1.54, 1.807) is 13.2 Å². The van der Waals surface area contributed by atoms with Gasteiger partial charge in [0.05, 0.1) is 0 Å². The lowest BCUT2D eigenvalue weighted by atomic mass is 10.5. The van der Waals surface area contributed by atoms with Crippen LogP contribution in [-0.4, -0.2) is 30.7 Å². The maximum absolute atomic E-state index is 5.85. The molecule has 1 aromatic heterocycles. The summed E-state index contributed by atoms with van der Waals surface area (Å²) in [5, 5.41) is 0.447. The predicted molar refractivity (Wildman–Crippen MR) is 56.7 cm³/mol. The molecule has 0 aliphatic carbocycles. The molecule has 0 aliphatic heterocycles. The van der Waals surface area contributed by atoms with E-state index < -0.39 is 0 Å². The van der Waals surface area contributed by atoms with Gasteiger partial charge >= 0.3 is 0 Å². The molecule has 0 unspecified atom stereocenters. The molecule has 0 N–H and O–H groups in total. The third-order valence-electron chi connectivity index (χ3n) is 1.87. The van der Waals surface area contributed by atoms with Crippen molar-refractivity contribution in [1.82, 2.24) is 9.97 Å². The first-order valence-corrected chi connectivity index (χ1v) is 4.78. The second kappa shape index (κ2) is 5.12. The zero-order chi connectivity index (χ0) is 10.6. The molecule has 1 heterocycles. The number of methoxy groups -OCH3 is 1. The van der Waals surface area contributed by atoms with Gasteiger partial charge in [-0.1, -0.05) is 11.6 Å². The van der Waals surface area contributed by atoms with E-state index in [4.69, 9.17) is 16.3 Å². The van der Waals surface area contributed by atoms with E-state index in [2.05, 4.69) is 9.97 Å². The molecule has 1 aromatic rings. The third-order valence-corrected chi connectivity index (χ3v) is 2.06. The zero-order valence-electron chi connectivity index (χ0n) is 8.62. The molecule has 0 atom stereocenters. The summed E-state index contributed by atoms with van der Waals surface area (Å²) in [6.07, 6.45) is 0. The number of anilines is 1. The highest BCUT2D eigenvalue weighted by Crippen LogP contribution is 2.14. The number of ether oxygens (including phenoxy) is 1. The van der Waals surface area contributed by atoms with E-state index >= 15 is 0 Å². The Morgan fingerprint density at radius 2 is 2.21 bits per heavy atom. The molecule has 0 aliphatic rings. The number of rotatable bonds is 4. The number of hydrogen-bond acceptors (Lipinski definition) is 4. The molecule has 0 aromatic carbocycles. The topological polar surface area (TPSA) is 38.2 Å². The van der Waals surface area contributed by atoms with Crippen LogP contribution in [0.15, 0.2) is 6.07 Å². The maximum Gasteiger partial charge on any atom is 0.158 e. The first-order valence-electron chi connectivity index (χ1n) is 4.41. The molecule has 0 fully saturated rings. The van der Waals surface area contributed by atoms with Crippen LogP contribution in [0.2, 0.25) is 5.15 Å². The number of halogens is 1. The van der Waals surface area contributed by atoms with Crippen molar-refractivity contribution in [3.63, 3.8) is 0 Å². The Morgan fingerprint density at radius 3 is 2.79 bits per heavy atom. The van der Waals surface area contributed by atoms with Crippen molar-refractivity contribution in [2.75, 3.05) is 25.6 Å². The number of hydrogen-bond donors (Lipinski definition) is 0. The molecule has 0 radical (unpaired) electrons. The Morgan fingerprint density at radius 1 is 1.50 bits per heavy atom. The summed E-state index contributed by atoms with van der Waals surface area (Å²) in [6.45, 7) is 3.30. The lowest BCUT2D eigenvalue weighted by molar-refractivity contribution is 0.178. The van der Waals surface area contributed by atoms with E-state index in [-0.39, 0.29) is 0 Å². The van der Waals surface area contributed by atoms with Gasteiger partial charge in [-0.3, -0.25) is 0 Å². The van der Waals surface area contributed by atoms with Gasteiger partial charge in [0.25, 0.3) is 0 Å². The highest BCUT2D eigenvalue weighted by Gasteiger charge is 2.05. The van der Waals surface area contributed by atoms with Gasteiger partial charge in [0.15, 0.2) is 5.82 Å². The van der Waals surface area contributed by atoms with Crippen molar-refractivity contribution in [2.45, 2.75) is 13.5 Å². The second-order valence-electron chi connectivity index (χ2n) is 2.91. The Bertz CT molecular complexity index is 306. The van der Waals surface area contributed by atoms with Crippen LogP contribution >= 0.6 is 11.6 Å². The zero-order valence-corrected chi connectivity index (χ0v) is 9.38. The van der Waals surface area contributed by atoms with Gasteiger partial charge in [-0.25, -0.2) is 9.97 Å². The van der Waals surface area contributed by atoms with Crippen molar-refractivity contribution in [3.8, 4) is 0 Å². The molecule has 0 saturated carbocycles. The number of nitrogens with zero attached hydrogens (tertiary/aromatic N) is 3. The molecule has 0 saturated heterocycles. The van der Waals surface area contributed by atoms with Crippen molar-refractivity contribution in [2.24, 2.45) is 0 Å². The maximum atomic E-state index is 5.85. The van der Waals surface area contributed by atoms with Gasteiger partial charge in [-0.05, 0) is 6.92 Å². The summed E-state index contributed by atoms with van der Waals surface area (Å²) in [6, 6.07) is 1.74. The van der Waals surface area contributed by atoms with E-state index in [9.17, 15) is 0 Å². The van der Waals surface area contributed by atoms with Crippen molar-refractivity contribution in [3.05, 3.63) is 17.0 Å². The molecule has 78 valence electrons. The van der Waals surface area contributed by atoms with Gasteiger partial charge in [-0.2, -0.15) is 0 Å². The molecule has 14 heavy (non-hydrogen) atoms. The molecule has 4 nitrogen and oxygen atoms in total. The Balaban J connectivity index is 2.94. The van der Waals surface area contributed by atoms with Gasteiger partial charge < -0.3 is 9.64 Å². The standard InChI is InChI=1S/C9H14ClN3O/c1-4-13(2)9-5-7(10)11-8(12-9)6-14-3/h5H,4,6H2,1-3H3. The largest absolute Gasteiger partial charge is 0.377 e. The smallest absolute Gasteiger partial charge is 0.158 e. The predicted octanol–water partition coefficient (Wildman–Crippen LogP) is 1.73. The fourth-order valence-corrected chi connectivity index (χ4v) is 1.20. The Labute approximate surface area is 88.9 Å². The van der Waals surface area contributed by atoms with Crippen LogP contribution in [-0.2, 0) is 11.3 Å². The number of aromatic nitrogens is 2. The van der Waals surface area contributed by atoms with Crippen LogP contribution in [0.4, 0.5) is 5.82 Å². The van der Waals surface area contributed by atoms with Crippen LogP contribution in [0.1, 0.15) is 12.7 Å². The summed E-state index contributed by atoms with van der Waals surface area (Å²) in [4.78, 5) is 10.3. The van der Waals surface area contributed by atoms with Crippen LogP contribution in [0.5, 0.6) is 0 Å². The van der Waals surface area contributed by atoms with Crippen molar-refractivity contribution >= 4 is 17.4 Å². The molecule has 0 bridgehead atoms. The van der Waals surface area contributed by atoms with Gasteiger partial charge in [0.2, 0.25) is 0 Å². The summed E-state index contributed by atoms with van der Waals surface area (Å²) in [5.41, 5.74) is 0. The second-order valence-corrected chi connectivity index (χ2v) is 3.30. The minimum Gasteiger partial charge on any atom is -0.377 e. The fraction of sp³-hybridized carbons (Fsp3) is 0.556. The van der Waals surface area contributed by atoms with Crippen LogP contribution in [0.3, 0.4) is 0 Å². The van der Waals surface area contributed by atoms with Gasteiger partial charge in [0, 0.05) is 26.8 Å². The Kier molecular flexibility index (Phi) is 4.10. The van der Waals surface area contributed by atoms with Crippen molar-refractivity contribution in [1.29, 1.82) is 0 Å². The van der Waals surface area contributed by atoms with E-state index in [0.29, 0.717) is 17.6 Å². The Hall–Kier alpha value is -0.870. The van der Waals surface area contributed by atoms with Crippen LogP contribution < -0.4 is 4.90 Å². The molecular formula is C9H14ClN3O. The normalized spacial score (nSPS) is 10.3.